The van der Waals surface area contributed by atoms with Gasteiger partial charge in [-0.1, -0.05) is 25.5 Å². The van der Waals surface area contributed by atoms with E-state index in [-0.39, 0.29) is 12.5 Å². The highest BCUT2D eigenvalue weighted by atomic mass is 79.9. The molecule has 0 heterocycles. The second-order valence-corrected chi connectivity index (χ2v) is 6.29. The van der Waals surface area contributed by atoms with E-state index >= 15 is 0 Å². The van der Waals surface area contributed by atoms with Crippen LogP contribution in [-0.4, -0.2) is 19.6 Å². The van der Waals surface area contributed by atoms with E-state index < -0.39 is 0 Å². The van der Waals surface area contributed by atoms with E-state index in [4.69, 9.17) is 9.47 Å². The Morgan fingerprint density at radius 2 is 1.96 bits per heavy atom. The average Bonchev–Trinajstić information content (AvgIpc) is 2.60. The number of halogens is 1. The lowest BCUT2D eigenvalue weighted by Gasteiger charge is -2.11. The van der Waals surface area contributed by atoms with Crippen molar-refractivity contribution < 1.29 is 14.3 Å². The Kier molecular flexibility index (Phi) is 7.12. The zero-order chi connectivity index (χ0) is 17.4. The number of aryl methyl sites for hydroxylation is 1. The van der Waals surface area contributed by atoms with E-state index in [1.54, 1.807) is 19.2 Å². The minimum absolute atomic E-state index is 0.0583. The lowest BCUT2D eigenvalue weighted by Crippen LogP contribution is -2.20. The van der Waals surface area contributed by atoms with Crippen LogP contribution in [0.3, 0.4) is 0 Å². The Morgan fingerprint density at radius 1 is 1.17 bits per heavy atom. The number of carbonyl (C=O) groups excluding carboxylic acids is 1. The number of carbonyl (C=O) groups is 1. The van der Waals surface area contributed by atoms with Gasteiger partial charge >= 0.3 is 0 Å². The van der Waals surface area contributed by atoms with Gasteiger partial charge in [-0.05, 0) is 58.6 Å². The molecule has 0 atom stereocenters. The molecule has 1 amide bonds. The summed E-state index contributed by atoms with van der Waals surface area (Å²) in [4.78, 5) is 12.1. The molecule has 0 spiro atoms. The third-order valence-corrected chi connectivity index (χ3v) is 4.19. The van der Waals surface area contributed by atoms with Gasteiger partial charge in [0.1, 0.15) is 11.5 Å². The van der Waals surface area contributed by atoms with Crippen LogP contribution in [0.25, 0.3) is 0 Å². The number of amides is 1. The van der Waals surface area contributed by atoms with Gasteiger partial charge < -0.3 is 14.8 Å². The zero-order valence-electron chi connectivity index (χ0n) is 14.0. The summed E-state index contributed by atoms with van der Waals surface area (Å²) in [5.74, 6) is 1.08. The normalized spacial score (nSPS) is 10.3. The Balaban J connectivity index is 1.89. The molecule has 0 radical (unpaired) electrons. The lowest BCUT2D eigenvalue weighted by atomic mass is 10.1. The van der Waals surface area contributed by atoms with Crippen molar-refractivity contribution in [3.05, 3.63) is 52.5 Å². The summed E-state index contributed by atoms with van der Waals surface area (Å²) >= 11 is 3.51. The van der Waals surface area contributed by atoms with Crippen molar-refractivity contribution in [3.8, 4) is 11.5 Å². The molecule has 0 bridgehead atoms. The Bertz CT molecular complexity index is 688. The van der Waals surface area contributed by atoms with Crippen LogP contribution in [0, 0.1) is 0 Å². The van der Waals surface area contributed by atoms with Crippen molar-refractivity contribution in [2.45, 2.75) is 26.2 Å². The van der Waals surface area contributed by atoms with Gasteiger partial charge in [0.2, 0.25) is 0 Å². The molecule has 5 heteroatoms. The first-order chi connectivity index (χ1) is 11.6. The third kappa shape index (κ3) is 5.57. The summed E-state index contributed by atoms with van der Waals surface area (Å²) < 4.78 is 11.5. The van der Waals surface area contributed by atoms with Crippen molar-refractivity contribution in [2.24, 2.45) is 0 Å². The van der Waals surface area contributed by atoms with Crippen LogP contribution in [-0.2, 0) is 11.2 Å². The minimum atomic E-state index is -0.208. The molecule has 0 fully saturated rings. The predicted octanol–water partition coefficient (Wildman–Crippen LogP) is 4.82. The van der Waals surface area contributed by atoms with Gasteiger partial charge in [-0.3, -0.25) is 4.79 Å². The number of nitrogens with one attached hydrogen (secondary N) is 1. The minimum Gasteiger partial charge on any atom is -0.497 e. The smallest absolute Gasteiger partial charge is 0.262 e. The van der Waals surface area contributed by atoms with Gasteiger partial charge in [0, 0.05) is 10.5 Å². The summed E-state index contributed by atoms with van der Waals surface area (Å²) in [6, 6.07) is 13.2. The van der Waals surface area contributed by atoms with E-state index in [2.05, 4.69) is 28.2 Å². The summed E-state index contributed by atoms with van der Waals surface area (Å²) in [5, 5.41) is 2.85. The van der Waals surface area contributed by atoms with E-state index in [0.29, 0.717) is 11.5 Å². The van der Waals surface area contributed by atoms with Crippen molar-refractivity contribution >= 4 is 27.5 Å². The number of anilines is 1. The number of ether oxygens (including phenoxy) is 2. The molecule has 1 N–H and O–H groups in total. The molecule has 2 aromatic rings. The maximum Gasteiger partial charge on any atom is 0.262 e. The highest BCUT2D eigenvalue weighted by molar-refractivity contribution is 9.10. The second-order valence-electron chi connectivity index (χ2n) is 5.43. The fourth-order valence-electron chi connectivity index (χ4n) is 2.22. The Hall–Kier alpha value is -2.01. The maximum atomic E-state index is 12.1. The summed E-state index contributed by atoms with van der Waals surface area (Å²) in [7, 11) is 1.59. The monoisotopic (exact) mass is 391 g/mol. The molecular formula is C19H22BrNO3. The molecule has 0 aromatic heterocycles. The quantitative estimate of drug-likeness (QED) is 0.701. The third-order valence-electron chi connectivity index (χ3n) is 3.54. The molecular weight excluding hydrogens is 370 g/mol. The lowest BCUT2D eigenvalue weighted by molar-refractivity contribution is -0.118. The number of rotatable bonds is 8. The summed E-state index contributed by atoms with van der Waals surface area (Å²) in [6.45, 7) is 2.11. The highest BCUT2D eigenvalue weighted by Crippen LogP contribution is 2.24. The molecule has 0 saturated heterocycles. The average molecular weight is 392 g/mol. The van der Waals surface area contributed by atoms with Crippen LogP contribution in [0.4, 0.5) is 5.69 Å². The fraction of sp³-hybridized carbons (Fsp3) is 0.316. The van der Waals surface area contributed by atoms with Crippen LogP contribution >= 0.6 is 15.9 Å². The number of unbranched alkanes of at least 4 members (excludes halogenated alkanes) is 1. The van der Waals surface area contributed by atoms with E-state index in [0.717, 1.165) is 29.4 Å². The number of methoxy groups -OCH3 is 1. The summed E-state index contributed by atoms with van der Waals surface area (Å²) in [5.41, 5.74) is 2.00. The molecule has 128 valence electrons. The van der Waals surface area contributed by atoms with Gasteiger partial charge in [0.25, 0.3) is 5.91 Å². The van der Waals surface area contributed by atoms with E-state index in [1.165, 1.54) is 5.56 Å². The molecule has 24 heavy (non-hydrogen) atoms. The Labute approximate surface area is 151 Å². The van der Waals surface area contributed by atoms with Gasteiger partial charge in [-0.2, -0.15) is 0 Å². The standard InChI is InChI=1S/C19H22BrNO3/c1-3-4-6-14-9-10-18(17(20)11-14)21-19(22)13-24-16-8-5-7-15(12-16)23-2/h5,7-12H,3-4,6,13H2,1-2H3,(H,21,22). The van der Waals surface area contributed by atoms with E-state index in [9.17, 15) is 4.79 Å². The van der Waals surface area contributed by atoms with Crippen LogP contribution in [0.5, 0.6) is 11.5 Å². The van der Waals surface area contributed by atoms with Crippen molar-refractivity contribution in [1.82, 2.24) is 0 Å². The zero-order valence-corrected chi connectivity index (χ0v) is 15.6. The molecule has 2 rings (SSSR count). The predicted molar refractivity (Wildman–Crippen MR) is 99.9 cm³/mol. The topological polar surface area (TPSA) is 47.6 Å². The van der Waals surface area contributed by atoms with Gasteiger partial charge in [0.05, 0.1) is 12.8 Å². The molecule has 0 aliphatic rings. The summed E-state index contributed by atoms with van der Waals surface area (Å²) in [6.07, 6.45) is 3.37. The number of benzene rings is 2. The van der Waals surface area contributed by atoms with Crippen LogP contribution < -0.4 is 14.8 Å². The van der Waals surface area contributed by atoms with Gasteiger partial charge in [0.15, 0.2) is 6.61 Å². The molecule has 2 aromatic carbocycles. The molecule has 4 nitrogen and oxygen atoms in total. The van der Waals surface area contributed by atoms with Gasteiger partial charge in [-0.15, -0.1) is 0 Å². The van der Waals surface area contributed by atoms with Crippen molar-refractivity contribution in [3.63, 3.8) is 0 Å². The number of hydrogen-bond donors (Lipinski definition) is 1. The molecule has 0 saturated carbocycles. The number of hydrogen-bond acceptors (Lipinski definition) is 3. The van der Waals surface area contributed by atoms with Crippen LogP contribution in [0.1, 0.15) is 25.3 Å². The SMILES string of the molecule is CCCCc1ccc(NC(=O)COc2cccc(OC)c2)c(Br)c1. The Morgan fingerprint density at radius 3 is 2.67 bits per heavy atom. The second kappa shape index (κ2) is 9.33. The van der Waals surface area contributed by atoms with Crippen LogP contribution in [0.15, 0.2) is 46.9 Å². The highest BCUT2D eigenvalue weighted by Gasteiger charge is 2.08. The van der Waals surface area contributed by atoms with Crippen molar-refractivity contribution in [1.29, 1.82) is 0 Å². The van der Waals surface area contributed by atoms with E-state index in [1.807, 2.05) is 30.3 Å². The van der Waals surface area contributed by atoms with Crippen LogP contribution in [0.2, 0.25) is 0 Å². The van der Waals surface area contributed by atoms with Crippen molar-refractivity contribution in [2.75, 3.05) is 19.0 Å². The first-order valence-electron chi connectivity index (χ1n) is 7.97. The molecule has 0 aliphatic carbocycles. The first kappa shape index (κ1) is 18.3. The molecule has 0 unspecified atom stereocenters. The first-order valence-corrected chi connectivity index (χ1v) is 8.76. The fourth-order valence-corrected chi connectivity index (χ4v) is 2.75. The van der Waals surface area contributed by atoms with Gasteiger partial charge in [-0.25, -0.2) is 0 Å². The molecule has 0 aliphatic heterocycles. The largest absolute Gasteiger partial charge is 0.497 e. The maximum absolute atomic E-state index is 12.1.